The van der Waals surface area contributed by atoms with E-state index >= 15 is 0 Å². The number of hydrogen-bond donors (Lipinski definition) is 0. The van der Waals surface area contributed by atoms with E-state index in [9.17, 15) is 4.79 Å². The molecule has 2 saturated heterocycles. The van der Waals surface area contributed by atoms with Crippen molar-refractivity contribution in [2.45, 2.75) is 39.0 Å². The molecule has 0 bridgehead atoms. The van der Waals surface area contributed by atoms with E-state index < -0.39 is 0 Å². The maximum atomic E-state index is 12.6. The van der Waals surface area contributed by atoms with Gasteiger partial charge in [-0.15, -0.1) is 5.10 Å². The Bertz CT molecular complexity index is 812. The molecule has 4 heterocycles. The quantitative estimate of drug-likeness (QED) is 0.807. The highest BCUT2D eigenvalue weighted by atomic mass is 16.2. The van der Waals surface area contributed by atoms with Crippen molar-refractivity contribution in [1.29, 1.82) is 0 Å². The molecule has 2 aliphatic rings. The van der Waals surface area contributed by atoms with E-state index in [0.29, 0.717) is 11.6 Å². The zero-order valence-corrected chi connectivity index (χ0v) is 16.8. The van der Waals surface area contributed by atoms with E-state index in [4.69, 9.17) is 0 Å². The van der Waals surface area contributed by atoms with Gasteiger partial charge in [0.15, 0.2) is 5.69 Å². The summed E-state index contributed by atoms with van der Waals surface area (Å²) in [5.41, 5.74) is 1.47. The van der Waals surface area contributed by atoms with Crippen LogP contribution in [0.2, 0.25) is 0 Å². The molecule has 2 fully saturated rings. The van der Waals surface area contributed by atoms with Crippen molar-refractivity contribution >= 4 is 11.9 Å². The smallest absolute Gasteiger partial charge is 0.276 e. The Morgan fingerprint density at radius 3 is 2.54 bits per heavy atom. The Hall–Kier alpha value is -2.51. The zero-order chi connectivity index (χ0) is 19.5. The van der Waals surface area contributed by atoms with Gasteiger partial charge in [0.2, 0.25) is 5.95 Å². The Morgan fingerprint density at radius 1 is 1.07 bits per heavy atom. The van der Waals surface area contributed by atoms with Gasteiger partial charge in [0.25, 0.3) is 5.91 Å². The number of aromatic nitrogens is 5. The lowest BCUT2D eigenvalue weighted by molar-refractivity contribution is 0.0646. The Balaban J connectivity index is 1.31. The van der Waals surface area contributed by atoms with E-state index in [2.05, 4.69) is 25.2 Å². The van der Waals surface area contributed by atoms with Gasteiger partial charge in [-0.05, 0) is 56.9 Å². The van der Waals surface area contributed by atoms with Crippen molar-refractivity contribution in [3.63, 3.8) is 0 Å². The molecule has 2 aromatic heterocycles. The number of rotatable bonds is 3. The van der Waals surface area contributed by atoms with Crippen molar-refractivity contribution in [3.05, 3.63) is 29.8 Å². The second-order valence-electron chi connectivity index (χ2n) is 8.08. The van der Waals surface area contributed by atoms with Crippen LogP contribution in [-0.4, -0.2) is 61.9 Å². The molecule has 0 N–H and O–H groups in total. The lowest BCUT2D eigenvalue weighted by atomic mass is 9.80. The standard InChI is InChI=1S/C20H29N7O/c1-15-5-9-21-20(22-15)27-10-3-4-16(8-13-27)17-6-11-26(12-7-17)19(28)18-14-25(2)24-23-18/h5,9,14,16-17H,3-4,6-8,10-13H2,1-2H3. The summed E-state index contributed by atoms with van der Waals surface area (Å²) in [7, 11) is 1.78. The summed E-state index contributed by atoms with van der Waals surface area (Å²) in [6.07, 6.45) is 9.33. The van der Waals surface area contributed by atoms with Crippen LogP contribution < -0.4 is 4.90 Å². The molecule has 28 heavy (non-hydrogen) atoms. The Morgan fingerprint density at radius 2 is 1.82 bits per heavy atom. The summed E-state index contributed by atoms with van der Waals surface area (Å²) in [6.45, 7) is 5.71. The molecule has 0 aromatic carbocycles. The summed E-state index contributed by atoms with van der Waals surface area (Å²) in [6, 6.07) is 1.94. The molecule has 1 atom stereocenters. The number of piperidine rings is 1. The molecule has 0 saturated carbocycles. The molecular weight excluding hydrogens is 354 g/mol. The first kappa shape index (κ1) is 18.8. The summed E-state index contributed by atoms with van der Waals surface area (Å²) in [5, 5.41) is 7.83. The van der Waals surface area contributed by atoms with Crippen molar-refractivity contribution < 1.29 is 4.79 Å². The largest absolute Gasteiger partial charge is 0.341 e. The number of amides is 1. The fraction of sp³-hybridized carbons (Fsp3) is 0.650. The van der Waals surface area contributed by atoms with Crippen molar-refractivity contribution in [3.8, 4) is 0 Å². The average Bonchev–Trinajstić information content (AvgIpc) is 2.99. The third-order valence-electron chi connectivity index (χ3n) is 6.15. The summed E-state index contributed by atoms with van der Waals surface area (Å²) in [5.74, 6) is 2.30. The first-order chi connectivity index (χ1) is 13.6. The van der Waals surface area contributed by atoms with E-state index in [-0.39, 0.29) is 5.91 Å². The number of nitrogens with zero attached hydrogens (tertiary/aromatic N) is 7. The molecule has 2 aliphatic heterocycles. The summed E-state index contributed by atoms with van der Waals surface area (Å²) < 4.78 is 1.58. The van der Waals surface area contributed by atoms with Gasteiger partial charge in [-0.3, -0.25) is 9.48 Å². The SMILES string of the molecule is Cc1ccnc(N2CCCC(C3CCN(C(=O)c4cn(C)nn4)CC3)CC2)n1. The lowest BCUT2D eigenvalue weighted by Crippen LogP contribution is -2.40. The number of carbonyl (C=O) groups is 1. The molecule has 2 aromatic rings. The molecule has 4 rings (SSSR count). The number of hydrogen-bond acceptors (Lipinski definition) is 6. The Kier molecular flexibility index (Phi) is 5.54. The fourth-order valence-electron chi connectivity index (χ4n) is 4.56. The van der Waals surface area contributed by atoms with E-state index in [0.717, 1.165) is 56.6 Å². The van der Waals surface area contributed by atoms with Gasteiger partial charge in [0.05, 0.1) is 6.20 Å². The second kappa shape index (κ2) is 8.24. The lowest BCUT2D eigenvalue weighted by Gasteiger charge is -2.35. The highest BCUT2D eigenvalue weighted by Gasteiger charge is 2.31. The number of carbonyl (C=O) groups excluding carboxylic acids is 1. The first-order valence-corrected chi connectivity index (χ1v) is 10.3. The maximum absolute atomic E-state index is 12.6. The van der Waals surface area contributed by atoms with Crippen molar-refractivity contribution in [2.24, 2.45) is 18.9 Å². The third-order valence-corrected chi connectivity index (χ3v) is 6.15. The Labute approximate surface area is 166 Å². The predicted octanol–water partition coefficient (Wildman–Crippen LogP) is 2.07. The molecule has 0 radical (unpaired) electrons. The zero-order valence-electron chi connectivity index (χ0n) is 16.8. The molecule has 8 heteroatoms. The normalized spacial score (nSPS) is 21.6. The number of likely N-dealkylation sites (tertiary alicyclic amines) is 1. The van der Waals surface area contributed by atoms with Crippen LogP contribution >= 0.6 is 0 Å². The number of anilines is 1. The average molecular weight is 384 g/mol. The predicted molar refractivity (Wildman–Crippen MR) is 106 cm³/mol. The summed E-state index contributed by atoms with van der Waals surface area (Å²) in [4.78, 5) is 25.9. The second-order valence-corrected chi connectivity index (χ2v) is 8.08. The monoisotopic (exact) mass is 383 g/mol. The minimum atomic E-state index is 0.00943. The van der Waals surface area contributed by atoms with Crippen LogP contribution in [0.25, 0.3) is 0 Å². The minimum Gasteiger partial charge on any atom is -0.341 e. The fourth-order valence-corrected chi connectivity index (χ4v) is 4.56. The van der Waals surface area contributed by atoms with Gasteiger partial charge in [-0.2, -0.15) is 0 Å². The topological polar surface area (TPSA) is 80.0 Å². The van der Waals surface area contributed by atoms with E-state index in [1.807, 2.05) is 24.1 Å². The van der Waals surface area contributed by atoms with Crippen molar-refractivity contribution in [1.82, 2.24) is 29.9 Å². The van der Waals surface area contributed by atoms with Gasteiger partial charge >= 0.3 is 0 Å². The summed E-state index contributed by atoms with van der Waals surface area (Å²) >= 11 is 0. The third kappa shape index (κ3) is 4.15. The van der Waals surface area contributed by atoms with Gasteiger partial charge in [-0.1, -0.05) is 5.21 Å². The molecule has 0 aliphatic carbocycles. The van der Waals surface area contributed by atoms with Crippen LogP contribution in [0.5, 0.6) is 0 Å². The molecule has 8 nitrogen and oxygen atoms in total. The molecular formula is C20H29N7O. The molecule has 1 amide bonds. The highest BCUT2D eigenvalue weighted by Crippen LogP contribution is 2.33. The maximum Gasteiger partial charge on any atom is 0.276 e. The molecule has 1 unspecified atom stereocenters. The number of aryl methyl sites for hydroxylation is 2. The minimum absolute atomic E-state index is 0.00943. The van der Waals surface area contributed by atoms with Crippen LogP contribution in [0.3, 0.4) is 0 Å². The van der Waals surface area contributed by atoms with Crippen LogP contribution in [0.1, 0.15) is 48.3 Å². The first-order valence-electron chi connectivity index (χ1n) is 10.3. The van der Waals surface area contributed by atoms with Crippen LogP contribution in [0.15, 0.2) is 18.5 Å². The van der Waals surface area contributed by atoms with Crippen molar-refractivity contribution in [2.75, 3.05) is 31.1 Å². The highest BCUT2D eigenvalue weighted by molar-refractivity contribution is 5.91. The van der Waals surface area contributed by atoms with Crippen LogP contribution in [0, 0.1) is 18.8 Å². The van der Waals surface area contributed by atoms with Crippen LogP contribution in [0.4, 0.5) is 5.95 Å². The van der Waals surface area contributed by atoms with E-state index in [1.165, 1.54) is 19.3 Å². The molecule has 150 valence electrons. The van der Waals surface area contributed by atoms with Gasteiger partial charge < -0.3 is 9.80 Å². The molecule has 0 spiro atoms. The van der Waals surface area contributed by atoms with E-state index in [1.54, 1.807) is 17.9 Å². The van der Waals surface area contributed by atoms with Gasteiger partial charge in [0.1, 0.15) is 0 Å². The van der Waals surface area contributed by atoms with Crippen LogP contribution in [-0.2, 0) is 7.05 Å². The van der Waals surface area contributed by atoms with Gasteiger partial charge in [0, 0.05) is 45.1 Å². The van der Waals surface area contributed by atoms with Gasteiger partial charge in [-0.25, -0.2) is 9.97 Å².